The molecule has 0 fully saturated rings. The van der Waals surface area contributed by atoms with Crippen LogP contribution in [0.15, 0.2) is 24.3 Å². The number of aliphatic hydroxyl groups is 1. The number of carbonyl (C=O) groups excluding carboxylic acids is 1. The lowest BCUT2D eigenvalue weighted by Gasteiger charge is -2.21. The van der Waals surface area contributed by atoms with Crippen LogP contribution in [0.2, 0.25) is 0 Å². The summed E-state index contributed by atoms with van der Waals surface area (Å²) in [6.45, 7) is 3.22. The Hall–Kier alpha value is -1.88. The van der Waals surface area contributed by atoms with Gasteiger partial charge in [0.15, 0.2) is 0 Å². The molecule has 0 spiro atoms. The fraction of sp³-hybridized carbons (Fsp3) is 0.429. The Morgan fingerprint density at radius 2 is 1.95 bits per heavy atom. The molecule has 0 aromatic heterocycles. The van der Waals surface area contributed by atoms with E-state index in [9.17, 15) is 14.7 Å². The topological polar surface area (TPSA) is 86.6 Å². The van der Waals surface area contributed by atoms with Crippen molar-refractivity contribution >= 4 is 11.9 Å². The molecule has 0 aliphatic heterocycles. The van der Waals surface area contributed by atoms with E-state index in [0.29, 0.717) is 0 Å². The highest BCUT2D eigenvalue weighted by molar-refractivity contribution is 5.79. The Balaban J connectivity index is 2.49. The zero-order valence-corrected chi connectivity index (χ0v) is 11.1. The number of hydrogen-bond donors (Lipinski definition) is 3. The van der Waals surface area contributed by atoms with Crippen molar-refractivity contribution in [3.05, 3.63) is 35.4 Å². The molecule has 5 nitrogen and oxygen atoms in total. The normalized spacial score (nSPS) is 13.6. The van der Waals surface area contributed by atoms with E-state index < -0.39 is 18.0 Å². The van der Waals surface area contributed by atoms with E-state index in [2.05, 4.69) is 5.32 Å². The molecule has 1 rings (SSSR count). The lowest BCUT2D eigenvalue weighted by molar-refractivity contribution is -0.142. The molecule has 5 heteroatoms. The molecule has 1 amide bonds. The third kappa shape index (κ3) is 5.52. The summed E-state index contributed by atoms with van der Waals surface area (Å²) in [5.74, 6) is -1.34. The predicted molar refractivity (Wildman–Crippen MR) is 70.8 cm³/mol. The van der Waals surface area contributed by atoms with Gasteiger partial charge >= 0.3 is 5.97 Å². The zero-order valence-electron chi connectivity index (χ0n) is 11.1. The Morgan fingerprint density at radius 3 is 2.53 bits per heavy atom. The molecular formula is C14H19NO4. The molecule has 0 saturated carbocycles. The third-order valence-corrected chi connectivity index (χ3v) is 2.81. The van der Waals surface area contributed by atoms with Gasteiger partial charge in [-0.2, -0.15) is 0 Å². The van der Waals surface area contributed by atoms with Crippen LogP contribution < -0.4 is 5.32 Å². The summed E-state index contributed by atoms with van der Waals surface area (Å²) in [6, 6.07) is 7.54. The van der Waals surface area contributed by atoms with Crippen molar-refractivity contribution in [2.24, 2.45) is 0 Å². The number of rotatable bonds is 6. The van der Waals surface area contributed by atoms with Gasteiger partial charge in [0, 0.05) is 6.54 Å². The van der Waals surface area contributed by atoms with Gasteiger partial charge in [-0.1, -0.05) is 24.3 Å². The summed E-state index contributed by atoms with van der Waals surface area (Å²) in [5.41, 5.74) is 0.501. The van der Waals surface area contributed by atoms with Crippen molar-refractivity contribution in [1.82, 2.24) is 5.32 Å². The molecule has 3 N–H and O–H groups in total. The van der Waals surface area contributed by atoms with Crippen LogP contribution in [0.1, 0.15) is 24.5 Å². The molecule has 0 aliphatic carbocycles. The third-order valence-electron chi connectivity index (χ3n) is 2.81. The van der Waals surface area contributed by atoms with E-state index in [0.717, 1.165) is 11.1 Å². The molecule has 1 aromatic rings. The second kappa shape index (κ2) is 6.33. The number of carboxylic acid groups (broad SMARTS) is 1. The molecule has 0 saturated heterocycles. The highest BCUT2D eigenvalue weighted by atomic mass is 16.4. The average Bonchev–Trinajstić information content (AvgIpc) is 2.28. The van der Waals surface area contributed by atoms with Gasteiger partial charge in [0.25, 0.3) is 0 Å². The van der Waals surface area contributed by atoms with Crippen molar-refractivity contribution < 1.29 is 19.8 Å². The van der Waals surface area contributed by atoms with Gasteiger partial charge in [-0.25, -0.2) is 0 Å². The Morgan fingerprint density at radius 1 is 1.32 bits per heavy atom. The molecular weight excluding hydrogens is 246 g/mol. The number of aliphatic carboxylic acids is 1. The van der Waals surface area contributed by atoms with Gasteiger partial charge in [0.05, 0.1) is 18.4 Å². The molecule has 0 bridgehead atoms. The maximum absolute atomic E-state index is 11.7. The maximum atomic E-state index is 11.7. The van der Waals surface area contributed by atoms with Crippen LogP contribution in [0.5, 0.6) is 0 Å². The molecule has 0 aliphatic rings. The highest BCUT2D eigenvalue weighted by Crippen LogP contribution is 2.09. The van der Waals surface area contributed by atoms with E-state index >= 15 is 0 Å². The molecule has 19 heavy (non-hydrogen) atoms. The summed E-state index contributed by atoms with van der Waals surface area (Å²) < 4.78 is 0. The van der Waals surface area contributed by atoms with E-state index in [1.54, 1.807) is 0 Å². The van der Waals surface area contributed by atoms with Gasteiger partial charge in [-0.15, -0.1) is 0 Å². The molecule has 0 radical (unpaired) electrons. The van der Waals surface area contributed by atoms with E-state index in [4.69, 9.17) is 5.11 Å². The SMILES string of the molecule is Cc1ccccc1CC(=O)NCC(C)(O)CC(=O)O. The van der Waals surface area contributed by atoms with E-state index in [1.165, 1.54) is 6.92 Å². The average molecular weight is 265 g/mol. The smallest absolute Gasteiger partial charge is 0.306 e. The summed E-state index contributed by atoms with van der Waals surface area (Å²) in [7, 11) is 0. The Kier molecular flexibility index (Phi) is 5.06. The molecule has 104 valence electrons. The number of nitrogens with one attached hydrogen (secondary N) is 1. The quantitative estimate of drug-likeness (QED) is 0.712. The van der Waals surface area contributed by atoms with Crippen LogP contribution in [0.4, 0.5) is 0 Å². The largest absolute Gasteiger partial charge is 0.481 e. The highest BCUT2D eigenvalue weighted by Gasteiger charge is 2.24. The molecule has 0 heterocycles. The first-order valence-electron chi connectivity index (χ1n) is 6.05. The van der Waals surface area contributed by atoms with Gasteiger partial charge in [0.1, 0.15) is 0 Å². The fourth-order valence-electron chi connectivity index (χ4n) is 1.72. The van der Waals surface area contributed by atoms with Gasteiger partial charge in [-0.05, 0) is 25.0 Å². The van der Waals surface area contributed by atoms with Gasteiger partial charge in [0.2, 0.25) is 5.91 Å². The fourth-order valence-corrected chi connectivity index (χ4v) is 1.72. The molecule has 1 atom stereocenters. The molecule has 1 aromatic carbocycles. The monoisotopic (exact) mass is 265 g/mol. The number of benzene rings is 1. The number of amides is 1. The second-order valence-electron chi connectivity index (χ2n) is 4.95. The summed E-state index contributed by atoms with van der Waals surface area (Å²) >= 11 is 0. The van der Waals surface area contributed by atoms with Crippen LogP contribution in [0.3, 0.4) is 0 Å². The zero-order chi connectivity index (χ0) is 14.5. The van der Waals surface area contributed by atoms with Crippen molar-refractivity contribution in [3.8, 4) is 0 Å². The lowest BCUT2D eigenvalue weighted by atomic mass is 10.0. The van der Waals surface area contributed by atoms with Crippen molar-refractivity contribution in [3.63, 3.8) is 0 Å². The first-order chi connectivity index (χ1) is 8.80. The van der Waals surface area contributed by atoms with Crippen LogP contribution in [-0.4, -0.2) is 34.2 Å². The van der Waals surface area contributed by atoms with Crippen LogP contribution >= 0.6 is 0 Å². The van der Waals surface area contributed by atoms with E-state index in [1.807, 2.05) is 31.2 Å². The van der Waals surface area contributed by atoms with Crippen molar-refractivity contribution in [2.75, 3.05) is 6.54 Å². The number of hydrogen-bond acceptors (Lipinski definition) is 3. The Labute approximate surface area is 112 Å². The number of aryl methyl sites for hydroxylation is 1. The van der Waals surface area contributed by atoms with Gasteiger partial charge in [-0.3, -0.25) is 9.59 Å². The van der Waals surface area contributed by atoms with Crippen molar-refractivity contribution in [2.45, 2.75) is 32.3 Å². The summed E-state index contributed by atoms with van der Waals surface area (Å²) in [5, 5.41) is 20.9. The minimum Gasteiger partial charge on any atom is -0.481 e. The van der Waals surface area contributed by atoms with E-state index in [-0.39, 0.29) is 18.9 Å². The minimum atomic E-state index is -1.44. The van der Waals surface area contributed by atoms with Crippen molar-refractivity contribution in [1.29, 1.82) is 0 Å². The van der Waals surface area contributed by atoms with Crippen LogP contribution in [-0.2, 0) is 16.0 Å². The number of carboxylic acids is 1. The van der Waals surface area contributed by atoms with Gasteiger partial charge < -0.3 is 15.5 Å². The minimum absolute atomic E-state index is 0.0794. The lowest BCUT2D eigenvalue weighted by Crippen LogP contribution is -2.42. The molecule has 1 unspecified atom stereocenters. The second-order valence-corrected chi connectivity index (χ2v) is 4.95. The van der Waals surface area contributed by atoms with Crippen LogP contribution in [0.25, 0.3) is 0 Å². The summed E-state index contributed by atoms with van der Waals surface area (Å²) in [6.07, 6.45) is -0.187. The first-order valence-corrected chi connectivity index (χ1v) is 6.05. The standard InChI is InChI=1S/C14H19NO4/c1-10-5-3-4-6-11(10)7-12(16)15-9-14(2,19)8-13(17)18/h3-6,19H,7-9H2,1-2H3,(H,15,16)(H,17,18). The van der Waals surface area contributed by atoms with Crippen LogP contribution in [0, 0.1) is 6.92 Å². The summed E-state index contributed by atoms with van der Waals surface area (Å²) in [4.78, 5) is 22.3. The predicted octanol–water partition coefficient (Wildman–Crippen LogP) is 0.879. The maximum Gasteiger partial charge on any atom is 0.306 e. The first kappa shape index (κ1) is 15.2. The number of carbonyl (C=O) groups is 2. The Bertz CT molecular complexity index is 468.